The quantitative estimate of drug-likeness (QED) is 0.345. The maximum Gasteiger partial charge on any atom is 0.258 e. The lowest BCUT2D eigenvalue weighted by molar-refractivity contribution is 0.0977. The van der Waals surface area contributed by atoms with Gasteiger partial charge in [-0.1, -0.05) is 35.1 Å². The van der Waals surface area contributed by atoms with Gasteiger partial charge in [0, 0.05) is 0 Å². The number of amides is 1. The number of carbonyl (C=O) groups is 2. The van der Waals surface area contributed by atoms with Crippen LogP contribution < -0.4 is 10.6 Å². The molecule has 0 saturated heterocycles. The van der Waals surface area contributed by atoms with Gasteiger partial charge in [0.2, 0.25) is 0 Å². The number of aryl methyl sites for hydroxylation is 1. The van der Waals surface area contributed by atoms with Crippen molar-refractivity contribution in [3.05, 3.63) is 75.7 Å². The number of nitrogens with one attached hydrogen (secondary N) is 2. The number of benzene rings is 1. The van der Waals surface area contributed by atoms with Crippen LogP contribution in [0.2, 0.25) is 5.02 Å². The summed E-state index contributed by atoms with van der Waals surface area (Å²) in [5, 5.41) is 6.14. The van der Waals surface area contributed by atoms with Crippen molar-refractivity contribution in [1.82, 2.24) is 10.3 Å². The minimum absolute atomic E-state index is 0.0591. The SMILES string of the molecule is Cc1nc(NC(=S)NC(=O)c2ccccc2Cl)sc1C(=O)C=Cc1ccco1. The van der Waals surface area contributed by atoms with Crippen molar-refractivity contribution in [3.8, 4) is 0 Å². The molecule has 28 heavy (non-hydrogen) atoms. The highest BCUT2D eigenvalue weighted by Gasteiger charge is 2.16. The van der Waals surface area contributed by atoms with Crippen molar-refractivity contribution in [2.45, 2.75) is 6.92 Å². The van der Waals surface area contributed by atoms with Gasteiger partial charge in [-0.2, -0.15) is 0 Å². The fourth-order valence-electron chi connectivity index (χ4n) is 2.24. The number of halogens is 1. The third-order valence-corrected chi connectivity index (χ3v) is 5.15. The molecule has 1 aromatic carbocycles. The predicted molar refractivity (Wildman–Crippen MR) is 114 cm³/mol. The van der Waals surface area contributed by atoms with Gasteiger partial charge in [0.05, 0.1) is 27.4 Å². The number of hydrogen-bond acceptors (Lipinski definition) is 6. The van der Waals surface area contributed by atoms with Crippen LogP contribution in [0, 0.1) is 6.92 Å². The number of thiocarbonyl (C=S) groups is 1. The maximum absolute atomic E-state index is 12.4. The molecule has 0 radical (unpaired) electrons. The van der Waals surface area contributed by atoms with Crippen LogP contribution in [-0.2, 0) is 0 Å². The number of rotatable bonds is 5. The van der Waals surface area contributed by atoms with Gasteiger partial charge in [-0.15, -0.1) is 0 Å². The topological polar surface area (TPSA) is 84.2 Å². The van der Waals surface area contributed by atoms with Crippen LogP contribution in [0.1, 0.15) is 31.5 Å². The molecule has 142 valence electrons. The lowest BCUT2D eigenvalue weighted by atomic mass is 10.2. The Morgan fingerprint density at radius 1 is 1.25 bits per heavy atom. The summed E-state index contributed by atoms with van der Waals surface area (Å²) in [6, 6.07) is 10.1. The van der Waals surface area contributed by atoms with Gasteiger partial charge in [-0.25, -0.2) is 4.98 Å². The highest BCUT2D eigenvalue weighted by molar-refractivity contribution is 7.80. The van der Waals surface area contributed by atoms with E-state index in [9.17, 15) is 9.59 Å². The maximum atomic E-state index is 12.4. The van der Waals surface area contributed by atoms with Crippen molar-refractivity contribution in [1.29, 1.82) is 0 Å². The van der Waals surface area contributed by atoms with Gasteiger partial charge in [0.25, 0.3) is 5.91 Å². The second kappa shape index (κ2) is 8.92. The number of furan rings is 1. The molecule has 3 aromatic rings. The van der Waals surface area contributed by atoms with E-state index < -0.39 is 5.91 Å². The monoisotopic (exact) mass is 431 g/mol. The van der Waals surface area contributed by atoms with E-state index >= 15 is 0 Å². The number of carbonyl (C=O) groups excluding carboxylic acids is 2. The molecule has 2 heterocycles. The number of thiazole rings is 1. The smallest absolute Gasteiger partial charge is 0.258 e. The van der Waals surface area contributed by atoms with Crippen molar-refractivity contribution in [2.24, 2.45) is 0 Å². The van der Waals surface area contributed by atoms with Gasteiger partial charge in [-0.05, 0) is 55.6 Å². The summed E-state index contributed by atoms with van der Waals surface area (Å²) in [6.07, 6.45) is 4.53. The zero-order valence-electron chi connectivity index (χ0n) is 14.6. The van der Waals surface area contributed by atoms with Crippen LogP contribution in [0.5, 0.6) is 0 Å². The number of anilines is 1. The molecule has 0 bridgehead atoms. The molecule has 9 heteroatoms. The molecular formula is C19H14ClN3O3S2. The molecule has 0 aliphatic heterocycles. The summed E-state index contributed by atoms with van der Waals surface area (Å²) in [5.41, 5.74) is 0.865. The zero-order valence-corrected chi connectivity index (χ0v) is 17.0. The highest BCUT2D eigenvalue weighted by atomic mass is 35.5. The molecule has 1 amide bonds. The van der Waals surface area contributed by atoms with Crippen LogP contribution >= 0.6 is 35.2 Å². The summed E-state index contributed by atoms with van der Waals surface area (Å²) in [5.74, 6) is -0.0585. The number of nitrogens with zero attached hydrogens (tertiary/aromatic N) is 1. The minimum atomic E-state index is -0.436. The largest absolute Gasteiger partial charge is 0.465 e. The van der Waals surface area contributed by atoms with Gasteiger partial charge in [-0.3, -0.25) is 14.9 Å². The van der Waals surface area contributed by atoms with E-state index in [-0.39, 0.29) is 10.9 Å². The summed E-state index contributed by atoms with van der Waals surface area (Å²) in [4.78, 5) is 29.3. The van der Waals surface area contributed by atoms with Gasteiger partial charge in [0.1, 0.15) is 5.76 Å². The molecule has 0 unspecified atom stereocenters. The van der Waals surface area contributed by atoms with Crippen LogP contribution in [0.15, 0.2) is 53.2 Å². The Balaban J connectivity index is 1.64. The van der Waals surface area contributed by atoms with Gasteiger partial charge in [0.15, 0.2) is 16.0 Å². The van der Waals surface area contributed by atoms with E-state index in [0.29, 0.717) is 32.0 Å². The third-order valence-electron chi connectivity index (χ3n) is 3.53. The Kier molecular flexibility index (Phi) is 6.35. The van der Waals surface area contributed by atoms with E-state index in [4.69, 9.17) is 28.2 Å². The molecule has 0 aliphatic rings. The van der Waals surface area contributed by atoms with Gasteiger partial charge >= 0.3 is 0 Å². The van der Waals surface area contributed by atoms with Crippen LogP contribution in [-0.4, -0.2) is 21.8 Å². The standard InChI is InChI=1S/C19H14ClN3O3S2/c1-11-16(15(24)9-8-12-5-4-10-26-12)28-19(21-11)23-18(27)22-17(25)13-6-2-3-7-14(13)20/h2-10H,1H3,(H2,21,22,23,25,27). The van der Waals surface area contributed by atoms with E-state index in [0.717, 1.165) is 11.3 Å². The Morgan fingerprint density at radius 2 is 2.04 bits per heavy atom. The summed E-state index contributed by atoms with van der Waals surface area (Å²) in [7, 11) is 0. The number of allylic oxidation sites excluding steroid dienone is 1. The molecule has 0 aliphatic carbocycles. The Bertz CT molecular complexity index is 1060. The minimum Gasteiger partial charge on any atom is -0.465 e. The molecule has 0 saturated carbocycles. The lowest BCUT2D eigenvalue weighted by Gasteiger charge is -2.08. The second-order valence-electron chi connectivity index (χ2n) is 5.53. The van der Waals surface area contributed by atoms with E-state index in [1.807, 2.05) is 0 Å². The average Bonchev–Trinajstić information content (AvgIpc) is 3.29. The molecule has 2 aromatic heterocycles. The first-order valence-electron chi connectivity index (χ1n) is 8.04. The van der Waals surface area contributed by atoms with Crippen molar-refractivity contribution in [2.75, 3.05) is 5.32 Å². The molecule has 3 rings (SSSR count). The molecule has 6 nitrogen and oxygen atoms in total. The summed E-state index contributed by atoms with van der Waals surface area (Å²) in [6.45, 7) is 1.72. The number of aromatic nitrogens is 1. The van der Waals surface area contributed by atoms with Gasteiger partial charge < -0.3 is 9.73 Å². The Labute approximate surface area is 175 Å². The molecular weight excluding hydrogens is 418 g/mol. The number of hydrogen-bond donors (Lipinski definition) is 2. The van der Waals surface area contributed by atoms with Crippen LogP contribution in [0.4, 0.5) is 5.13 Å². The molecule has 0 fully saturated rings. The van der Waals surface area contributed by atoms with Crippen molar-refractivity contribution < 1.29 is 14.0 Å². The third kappa shape index (κ3) is 4.92. The average molecular weight is 432 g/mol. The molecule has 0 spiro atoms. The normalized spacial score (nSPS) is 10.8. The van der Waals surface area contributed by atoms with E-state index in [2.05, 4.69) is 15.6 Å². The predicted octanol–water partition coefficient (Wildman–Crippen LogP) is 4.72. The molecule has 0 atom stereocenters. The lowest BCUT2D eigenvalue weighted by Crippen LogP contribution is -2.34. The van der Waals surface area contributed by atoms with Crippen molar-refractivity contribution >= 4 is 63.2 Å². The molecule has 2 N–H and O–H groups in total. The second-order valence-corrected chi connectivity index (χ2v) is 7.35. The first-order valence-corrected chi connectivity index (χ1v) is 9.64. The van der Waals surface area contributed by atoms with Crippen molar-refractivity contribution in [3.63, 3.8) is 0 Å². The van der Waals surface area contributed by atoms with E-state index in [1.54, 1.807) is 49.4 Å². The summed E-state index contributed by atoms with van der Waals surface area (Å²) >= 11 is 12.3. The number of ketones is 1. The highest BCUT2D eigenvalue weighted by Crippen LogP contribution is 2.24. The van der Waals surface area contributed by atoms with E-state index in [1.165, 1.54) is 12.3 Å². The fourth-order valence-corrected chi connectivity index (χ4v) is 3.61. The van der Waals surface area contributed by atoms with Crippen LogP contribution in [0.25, 0.3) is 6.08 Å². The zero-order chi connectivity index (χ0) is 20.1. The van der Waals surface area contributed by atoms with Crippen LogP contribution in [0.3, 0.4) is 0 Å². The summed E-state index contributed by atoms with van der Waals surface area (Å²) < 4.78 is 5.16. The Morgan fingerprint density at radius 3 is 2.75 bits per heavy atom. The first-order chi connectivity index (χ1) is 13.4. The first kappa shape index (κ1) is 19.9. The Hall–Kier alpha value is -2.81. The fraction of sp³-hybridized carbons (Fsp3) is 0.0526.